The maximum atomic E-state index is 12.0. The highest BCUT2D eigenvalue weighted by molar-refractivity contribution is 7.90. The highest BCUT2D eigenvalue weighted by Gasteiger charge is 2.09. The second kappa shape index (κ2) is 8.61. The van der Waals surface area contributed by atoms with Crippen LogP contribution in [0.2, 0.25) is 0 Å². The lowest BCUT2D eigenvalue weighted by Gasteiger charge is -2.07. The average Bonchev–Trinajstić information content (AvgIpc) is 2.58. The van der Waals surface area contributed by atoms with Crippen molar-refractivity contribution in [2.45, 2.75) is 17.9 Å². The molecule has 0 aromatic heterocycles. The first-order valence-corrected chi connectivity index (χ1v) is 9.56. The standard InChI is InChI=1S/C18H21NO4S/c1-24(21,22)17-10-8-16(9-11-17)18(20)19-12-5-13-23-14-15-6-3-2-4-7-15/h2-4,6-11H,5,12-14H2,1H3,(H,19,20). The molecule has 1 amide bonds. The summed E-state index contributed by atoms with van der Waals surface area (Å²) in [4.78, 5) is 12.2. The highest BCUT2D eigenvalue weighted by atomic mass is 32.2. The lowest BCUT2D eigenvalue weighted by molar-refractivity contribution is 0.0934. The molecule has 0 atom stereocenters. The van der Waals surface area contributed by atoms with Gasteiger partial charge in [-0.2, -0.15) is 0 Å². The van der Waals surface area contributed by atoms with Crippen LogP contribution in [0, 0.1) is 0 Å². The van der Waals surface area contributed by atoms with E-state index in [0.29, 0.717) is 31.7 Å². The Morgan fingerprint density at radius 3 is 2.33 bits per heavy atom. The minimum Gasteiger partial charge on any atom is -0.377 e. The number of carbonyl (C=O) groups excluding carboxylic acids is 1. The number of hydrogen-bond donors (Lipinski definition) is 1. The van der Waals surface area contributed by atoms with Gasteiger partial charge in [0.15, 0.2) is 9.84 Å². The maximum absolute atomic E-state index is 12.0. The van der Waals surface area contributed by atoms with E-state index in [1.807, 2.05) is 30.3 Å². The second-order valence-corrected chi connectivity index (χ2v) is 7.46. The van der Waals surface area contributed by atoms with Gasteiger partial charge in [0.25, 0.3) is 5.91 Å². The number of hydrogen-bond acceptors (Lipinski definition) is 4. The summed E-state index contributed by atoms with van der Waals surface area (Å²) < 4.78 is 28.3. The van der Waals surface area contributed by atoms with Crippen LogP contribution in [-0.4, -0.2) is 33.7 Å². The first-order valence-electron chi connectivity index (χ1n) is 7.67. The van der Waals surface area contributed by atoms with Gasteiger partial charge in [0.05, 0.1) is 11.5 Å². The van der Waals surface area contributed by atoms with E-state index in [4.69, 9.17) is 4.74 Å². The molecule has 0 unspecified atom stereocenters. The van der Waals surface area contributed by atoms with E-state index in [1.54, 1.807) is 0 Å². The van der Waals surface area contributed by atoms with Gasteiger partial charge in [-0.3, -0.25) is 4.79 Å². The molecule has 0 fully saturated rings. The predicted molar refractivity (Wildman–Crippen MR) is 92.6 cm³/mol. The number of benzene rings is 2. The normalized spacial score (nSPS) is 11.2. The molecule has 6 heteroatoms. The van der Waals surface area contributed by atoms with Crippen LogP contribution in [0.1, 0.15) is 22.3 Å². The molecule has 0 radical (unpaired) electrons. The van der Waals surface area contributed by atoms with Crippen molar-refractivity contribution in [1.29, 1.82) is 0 Å². The van der Waals surface area contributed by atoms with Gasteiger partial charge in [0.1, 0.15) is 0 Å². The van der Waals surface area contributed by atoms with E-state index in [9.17, 15) is 13.2 Å². The number of rotatable bonds is 8. The Morgan fingerprint density at radius 1 is 1.04 bits per heavy atom. The Hall–Kier alpha value is -2.18. The van der Waals surface area contributed by atoms with Crippen LogP contribution in [0.4, 0.5) is 0 Å². The lowest BCUT2D eigenvalue weighted by atomic mass is 10.2. The van der Waals surface area contributed by atoms with Crippen LogP contribution < -0.4 is 5.32 Å². The van der Waals surface area contributed by atoms with Gasteiger partial charge in [0, 0.05) is 25.0 Å². The fraction of sp³-hybridized carbons (Fsp3) is 0.278. The molecule has 0 aliphatic carbocycles. The zero-order valence-electron chi connectivity index (χ0n) is 13.6. The third kappa shape index (κ3) is 5.79. The number of ether oxygens (including phenoxy) is 1. The molecule has 5 nitrogen and oxygen atoms in total. The van der Waals surface area contributed by atoms with Gasteiger partial charge >= 0.3 is 0 Å². The molecule has 0 aliphatic rings. The molecule has 128 valence electrons. The van der Waals surface area contributed by atoms with Crippen LogP contribution in [0.5, 0.6) is 0 Å². The summed E-state index contributed by atoms with van der Waals surface area (Å²) in [6, 6.07) is 15.8. The molecule has 0 bridgehead atoms. The Bertz CT molecular complexity index is 755. The van der Waals surface area contributed by atoms with Crippen molar-refractivity contribution >= 4 is 15.7 Å². The SMILES string of the molecule is CS(=O)(=O)c1ccc(C(=O)NCCCOCc2ccccc2)cc1. The first-order chi connectivity index (χ1) is 11.5. The third-order valence-electron chi connectivity index (χ3n) is 3.41. The zero-order valence-corrected chi connectivity index (χ0v) is 14.4. The van der Waals surface area contributed by atoms with Crippen molar-refractivity contribution in [3.63, 3.8) is 0 Å². The Balaban J connectivity index is 1.68. The van der Waals surface area contributed by atoms with E-state index < -0.39 is 9.84 Å². The summed E-state index contributed by atoms with van der Waals surface area (Å²) in [6.07, 6.45) is 1.84. The summed E-state index contributed by atoms with van der Waals surface area (Å²) in [5, 5.41) is 2.79. The molecule has 0 saturated carbocycles. The molecule has 0 aliphatic heterocycles. The molecule has 2 rings (SSSR count). The van der Waals surface area contributed by atoms with Crippen molar-refractivity contribution in [3.05, 3.63) is 65.7 Å². The van der Waals surface area contributed by atoms with Crippen LogP contribution >= 0.6 is 0 Å². The molecular formula is C18H21NO4S. The second-order valence-electron chi connectivity index (χ2n) is 5.44. The van der Waals surface area contributed by atoms with Crippen molar-refractivity contribution < 1.29 is 17.9 Å². The molecule has 1 N–H and O–H groups in total. The number of sulfone groups is 1. The summed E-state index contributed by atoms with van der Waals surface area (Å²) in [5.74, 6) is -0.224. The van der Waals surface area contributed by atoms with Gasteiger partial charge < -0.3 is 10.1 Å². The quantitative estimate of drug-likeness (QED) is 0.745. The van der Waals surface area contributed by atoms with Crippen LogP contribution in [0.3, 0.4) is 0 Å². The maximum Gasteiger partial charge on any atom is 0.251 e. The average molecular weight is 347 g/mol. The van der Waals surface area contributed by atoms with E-state index in [1.165, 1.54) is 24.3 Å². The van der Waals surface area contributed by atoms with Crippen molar-refractivity contribution in [2.75, 3.05) is 19.4 Å². The minimum absolute atomic E-state index is 0.202. The van der Waals surface area contributed by atoms with E-state index in [-0.39, 0.29) is 10.8 Å². The topological polar surface area (TPSA) is 72.5 Å². The highest BCUT2D eigenvalue weighted by Crippen LogP contribution is 2.10. The summed E-state index contributed by atoms with van der Waals surface area (Å²) in [7, 11) is -3.24. The van der Waals surface area contributed by atoms with Gasteiger partial charge in [-0.1, -0.05) is 30.3 Å². The largest absolute Gasteiger partial charge is 0.377 e. The van der Waals surface area contributed by atoms with Gasteiger partial charge in [0.2, 0.25) is 0 Å². The van der Waals surface area contributed by atoms with E-state index in [0.717, 1.165) is 11.8 Å². The van der Waals surface area contributed by atoms with Crippen LogP contribution in [0.25, 0.3) is 0 Å². The van der Waals surface area contributed by atoms with Crippen LogP contribution in [0.15, 0.2) is 59.5 Å². The Morgan fingerprint density at radius 2 is 1.71 bits per heavy atom. The molecule has 0 heterocycles. The van der Waals surface area contributed by atoms with E-state index >= 15 is 0 Å². The summed E-state index contributed by atoms with van der Waals surface area (Å²) in [5.41, 5.74) is 1.56. The fourth-order valence-electron chi connectivity index (χ4n) is 2.10. The molecule has 24 heavy (non-hydrogen) atoms. The Labute approximate surface area is 142 Å². The number of carbonyl (C=O) groups is 1. The van der Waals surface area contributed by atoms with Crippen molar-refractivity contribution in [1.82, 2.24) is 5.32 Å². The Kier molecular flexibility index (Phi) is 6.52. The predicted octanol–water partition coefficient (Wildman–Crippen LogP) is 2.43. The molecule has 2 aromatic carbocycles. The molecule has 2 aromatic rings. The number of nitrogens with one attached hydrogen (secondary N) is 1. The monoisotopic (exact) mass is 347 g/mol. The van der Waals surface area contributed by atoms with Crippen molar-refractivity contribution in [3.8, 4) is 0 Å². The smallest absolute Gasteiger partial charge is 0.251 e. The summed E-state index contributed by atoms with van der Waals surface area (Å²) in [6.45, 7) is 1.62. The minimum atomic E-state index is -3.24. The van der Waals surface area contributed by atoms with Gasteiger partial charge in [-0.25, -0.2) is 8.42 Å². The first kappa shape index (κ1) is 18.2. The number of amides is 1. The van der Waals surface area contributed by atoms with Crippen molar-refractivity contribution in [2.24, 2.45) is 0 Å². The van der Waals surface area contributed by atoms with Gasteiger partial charge in [-0.05, 0) is 36.2 Å². The van der Waals surface area contributed by atoms with E-state index in [2.05, 4.69) is 5.32 Å². The third-order valence-corrected chi connectivity index (χ3v) is 4.54. The van der Waals surface area contributed by atoms with Gasteiger partial charge in [-0.15, -0.1) is 0 Å². The molecule has 0 saturated heterocycles. The molecular weight excluding hydrogens is 326 g/mol. The summed E-state index contributed by atoms with van der Waals surface area (Å²) >= 11 is 0. The lowest BCUT2D eigenvalue weighted by Crippen LogP contribution is -2.25. The fourth-order valence-corrected chi connectivity index (χ4v) is 2.73. The van der Waals surface area contributed by atoms with Crippen LogP contribution in [-0.2, 0) is 21.2 Å². The zero-order chi connectivity index (χ0) is 17.4. The molecule has 0 spiro atoms.